The summed E-state index contributed by atoms with van der Waals surface area (Å²) in [6.07, 6.45) is 2.87. The van der Waals surface area contributed by atoms with Gasteiger partial charge < -0.3 is 9.30 Å². The first-order valence-electron chi connectivity index (χ1n) is 5.89. The fraction of sp³-hybridized carbons (Fsp3) is 0.615. The Morgan fingerprint density at radius 3 is 2.56 bits per heavy atom. The summed E-state index contributed by atoms with van der Waals surface area (Å²) in [4.78, 5) is 10.7. The molecule has 16 heavy (non-hydrogen) atoms. The van der Waals surface area contributed by atoms with Crippen LogP contribution in [0, 0.1) is 0 Å². The highest BCUT2D eigenvalue weighted by Gasteiger charge is 2.10. The van der Waals surface area contributed by atoms with Crippen molar-refractivity contribution in [3.05, 3.63) is 23.0 Å². The quantitative estimate of drug-likeness (QED) is 0.717. The number of hydrogen-bond acceptors (Lipinski definition) is 2. The van der Waals surface area contributed by atoms with E-state index in [-0.39, 0.29) is 5.97 Å². The van der Waals surface area contributed by atoms with E-state index in [1.165, 1.54) is 23.9 Å². The van der Waals surface area contributed by atoms with Gasteiger partial charge in [0.15, 0.2) is 0 Å². The van der Waals surface area contributed by atoms with Crippen molar-refractivity contribution in [2.24, 2.45) is 7.05 Å². The lowest BCUT2D eigenvalue weighted by Crippen LogP contribution is -2.08. The number of carbonyl (C=O) groups is 1. The maximum atomic E-state index is 10.7. The maximum Gasteiger partial charge on any atom is 0.302 e. The number of aromatic nitrogens is 1. The molecule has 0 aliphatic carbocycles. The molecule has 0 saturated heterocycles. The fourth-order valence-corrected chi connectivity index (χ4v) is 2.04. The summed E-state index contributed by atoms with van der Waals surface area (Å²) in [5.74, 6) is -0.206. The highest BCUT2D eigenvalue weighted by atomic mass is 16.5. The molecule has 0 N–H and O–H groups in total. The molecule has 0 aliphatic heterocycles. The van der Waals surface area contributed by atoms with Gasteiger partial charge in [0.05, 0.1) is 6.61 Å². The third-order valence-electron chi connectivity index (χ3n) is 2.93. The van der Waals surface area contributed by atoms with Crippen LogP contribution in [0.4, 0.5) is 0 Å². The monoisotopic (exact) mass is 223 g/mol. The Balaban J connectivity index is 2.76. The van der Waals surface area contributed by atoms with E-state index in [9.17, 15) is 4.79 Å². The normalized spacial score (nSPS) is 10.5. The van der Waals surface area contributed by atoms with Crippen LogP contribution in [0.2, 0.25) is 0 Å². The predicted molar refractivity (Wildman–Crippen MR) is 64.5 cm³/mol. The minimum Gasteiger partial charge on any atom is -0.465 e. The number of rotatable bonds is 5. The molecule has 0 aliphatic rings. The van der Waals surface area contributed by atoms with Crippen LogP contribution in [0.1, 0.15) is 37.7 Å². The van der Waals surface area contributed by atoms with Crippen molar-refractivity contribution in [2.45, 2.75) is 40.0 Å². The van der Waals surface area contributed by atoms with Crippen molar-refractivity contribution in [1.82, 2.24) is 4.57 Å². The zero-order valence-electron chi connectivity index (χ0n) is 10.7. The summed E-state index contributed by atoms with van der Waals surface area (Å²) in [5, 5.41) is 0. The molecule has 0 aromatic carbocycles. The number of nitrogens with zero attached hydrogens (tertiary/aromatic N) is 1. The topological polar surface area (TPSA) is 31.2 Å². The van der Waals surface area contributed by atoms with Crippen molar-refractivity contribution in [3.8, 4) is 0 Å². The molecule has 0 spiro atoms. The molecule has 1 aromatic rings. The van der Waals surface area contributed by atoms with Gasteiger partial charge in [-0.25, -0.2) is 0 Å². The van der Waals surface area contributed by atoms with Gasteiger partial charge in [0.1, 0.15) is 0 Å². The van der Waals surface area contributed by atoms with Crippen molar-refractivity contribution in [1.29, 1.82) is 0 Å². The molecule has 90 valence electrons. The van der Waals surface area contributed by atoms with Gasteiger partial charge in [-0.2, -0.15) is 0 Å². The van der Waals surface area contributed by atoms with Crippen LogP contribution in [0.15, 0.2) is 6.07 Å². The van der Waals surface area contributed by atoms with E-state index >= 15 is 0 Å². The van der Waals surface area contributed by atoms with E-state index in [4.69, 9.17) is 4.74 Å². The first kappa shape index (κ1) is 12.8. The van der Waals surface area contributed by atoms with Crippen molar-refractivity contribution in [3.63, 3.8) is 0 Å². The lowest BCUT2D eigenvalue weighted by molar-refractivity contribution is -0.140. The van der Waals surface area contributed by atoms with Gasteiger partial charge in [0.2, 0.25) is 0 Å². The Bertz CT molecular complexity index is 366. The highest BCUT2D eigenvalue weighted by Crippen LogP contribution is 2.17. The van der Waals surface area contributed by atoms with Gasteiger partial charge in [0.25, 0.3) is 0 Å². The zero-order valence-corrected chi connectivity index (χ0v) is 10.7. The largest absolute Gasteiger partial charge is 0.465 e. The van der Waals surface area contributed by atoms with Gasteiger partial charge >= 0.3 is 5.97 Å². The molecule has 0 bridgehead atoms. The second-order valence-corrected chi connectivity index (χ2v) is 3.96. The molecule has 1 rings (SSSR count). The molecule has 0 unspecified atom stereocenters. The molecular formula is C13H21NO2. The Hall–Kier alpha value is -1.25. The lowest BCUT2D eigenvalue weighted by atomic mass is 10.1. The van der Waals surface area contributed by atoms with Gasteiger partial charge in [-0.3, -0.25) is 4.79 Å². The van der Waals surface area contributed by atoms with Crippen LogP contribution in [-0.4, -0.2) is 17.1 Å². The van der Waals surface area contributed by atoms with Crippen LogP contribution < -0.4 is 0 Å². The number of hydrogen-bond donors (Lipinski definition) is 0. The summed E-state index contributed by atoms with van der Waals surface area (Å²) >= 11 is 0. The third-order valence-corrected chi connectivity index (χ3v) is 2.93. The molecule has 0 amide bonds. The molecular weight excluding hydrogens is 202 g/mol. The van der Waals surface area contributed by atoms with E-state index in [1.54, 1.807) is 0 Å². The number of aryl methyl sites for hydroxylation is 2. The first-order chi connectivity index (χ1) is 7.60. The Morgan fingerprint density at radius 2 is 2.06 bits per heavy atom. The van der Waals surface area contributed by atoms with Gasteiger partial charge in [0, 0.05) is 31.8 Å². The molecule has 1 heterocycles. The van der Waals surface area contributed by atoms with Gasteiger partial charge in [-0.05, 0) is 24.5 Å². The minimum absolute atomic E-state index is 0.206. The molecule has 1 aromatic heterocycles. The summed E-state index contributed by atoms with van der Waals surface area (Å²) in [7, 11) is 2.08. The van der Waals surface area contributed by atoms with E-state index < -0.39 is 0 Å². The second kappa shape index (κ2) is 5.73. The smallest absolute Gasteiger partial charge is 0.302 e. The van der Waals surface area contributed by atoms with Crippen molar-refractivity contribution in [2.75, 3.05) is 6.61 Å². The number of esters is 1. The Morgan fingerprint density at radius 1 is 1.38 bits per heavy atom. The number of carbonyl (C=O) groups excluding carboxylic acids is 1. The van der Waals surface area contributed by atoms with E-state index in [0.29, 0.717) is 6.61 Å². The predicted octanol–water partition coefficient (Wildman–Crippen LogP) is 2.26. The Labute approximate surface area is 97.4 Å². The van der Waals surface area contributed by atoms with Crippen molar-refractivity contribution >= 4 is 5.97 Å². The summed E-state index contributed by atoms with van der Waals surface area (Å²) in [6.45, 7) is 6.24. The average Bonchev–Trinajstić information content (AvgIpc) is 2.55. The SMILES string of the molecule is CCc1cc(CC)n(C)c1CCOC(C)=O. The summed E-state index contributed by atoms with van der Waals surface area (Å²) < 4.78 is 7.22. The molecule has 0 atom stereocenters. The third kappa shape index (κ3) is 2.87. The molecule has 0 saturated carbocycles. The summed E-state index contributed by atoms with van der Waals surface area (Å²) in [5.41, 5.74) is 4.00. The summed E-state index contributed by atoms with van der Waals surface area (Å²) in [6, 6.07) is 2.25. The molecule has 3 heteroatoms. The number of ether oxygens (including phenoxy) is 1. The standard InChI is InChI=1S/C13H21NO2/c1-5-11-9-12(6-2)14(4)13(11)7-8-16-10(3)15/h9H,5-8H2,1-4H3. The van der Waals surface area contributed by atoms with Crippen LogP contribution in [0.25, 0.3) is 0 Å². The molecule has 3 nitrogen and oxygen atoms in total. The van der Waals surface area contributed by atoms with Crippen LogP contribution >= 0.6 is 0 Å². The fourth-order valence-electron chi connectivity index (χ4n) is 2.04. The lowest BCUT2D eigenvalue weighted by Gasteiger charge is -2.08. The maximum absolute atomic E-state index is 10.7. The minimum atomic E-state index is -0.206. The van der Waals surface area contributed by atoms with Crippen LogP contribution in [0.3, 0.4) is 0 Å². The second-order valence-electron chi connectivity index (χ2n) is 3.96. The molecule has 0 radical (unpaired) electrons. The Kier molecular flexibility index (Phi) is 4.59. The van der Waals surface area contributed by atoms with Gasteiger partial charge in [-0.15, -0.1) is 0 Å². The van der Waals surface area contributed by atoms with Crippen LogP contribution in [-0.2, 0) is 35.8 Å². The average molecular weight is 223 g/mol. The van der Waals surface area contributed by atoms with E-state index in [1.807, 2.05) is 0 Å². The van der Waals surface area contributed by atoms with Crippen molar-refractivity contribution < 1.29 is 9.53 Å². The van der Waals surface area contributed by atoms with E-state index in [0.717, 1.165) is 19.3 Å². The van der Waals surface area contributed by atoms with E-state index in [2.05, 4.69) is 31.5 Å². The zero-order chi connectivity index (χ0) is 12.1. The first-order valence-corrected chi connectivity index (χ1v) is 5.89. The van der Waals surface area contributed by atoms with Crippen LogP contribution in [0.5, 0.6) is 0 Å². The van der Waals surface area contributed by atoms with Gasteiger partial charge in [-0.1, -0.05) is 13.8 Å². The molecule has 0 fully saturated rings. The highest BCUT2D eigenvalue weighted by molar-refractivity contribution is 5.65.